The molecule has 1 fully saturated rings. The normalized spacial score (nSPS) is 15.8. The van der Waals surface area contributed by atoms with Crippen molar-refractivity contribution in [2.45, 2.75) is 24.7 Å². The van der Waals surface area contributed by atoms with Gasteiger partial charge in [-0.1, -0.05) is 12.1 Å². The number of hydrogen-bond donors (Lipinski definition) is 1. The first-order valence-electron chi connectivity index (χ1n) is 9.70. The zero-order chi connectivity index (χ0) is 20.9. The third-order valence-corrected chi connectivity index (χ3v) is 6.89. The van der Waals surface area contributed by atoms with Gasteiger partial charge in [-0.05, 0) is 62.7 Å². The van der Waals surface area contributed by atoms with Gasteiger partial charge in [0.15, 0.2) is 9.84 Å². The maximum atomic E-state index is 12.6. The summed E-state index contributed by atoms with van der Waals surface area (Å²) in [7, 11) is -1.86. The molecule has 1 aromatic heterocycles. The van der Waals surface area contributed by atoms with Crippen molar-refractivity contribution < 1.29 is 17.9 Å². The highest BCUT2D eigenvalue weighted by atomic mass is 32.2. The summed E-state index contributed by atoms with van der Waals surface area (Å²) >= 11 is 0. The van der Waals surface area contributed by atoms with Crippen LogP contribution in [0.3, 0.4) is 0 Å². The first-order chi connectivity index (χ1) is 13.9. The number of pyridine rings is 1. The average molecular weight is 418 g/mol. The Morgan fingerprint density at radius 1 is 1.24 bits per heavy atom. The van der Waals surface area contributed by atoms with Crippen LogP contribution in [0.1, 0.15) is 18.4 Å². The summed E-state index contributed by atoms with van der Waals surface area (Å²) in [6.07, 6.45) is 3.13. The molecule has 0 atom stereocenters. The molecule has 0 aliphatic carbocycles. The van der Waals surface area contributed by atoms with Crippen molar-refractivity contribution in [2.75, 3.05) is 37.8 Å². The largest absolute Gasteiger partial charge is 0.497 e. The van der Waals surface area contributed by atoms with Crippen LogP contribution in [-0.4, -0.2) is 56.7 Å². The second-order valence-corrected chi connectivity index (χ2v) is 9.43. The van der Waals surface area contributed by atoms with Crippen molar-refractivity contribution in [1.82, 2.24) is 9.88 Å². The number of benzene rings is 1. The Hall–Kier alpha value is -2.45. The molecule has 8 heteroatoms. The second kappa shape index (κ2) is 9.37. The van der Waals surface area contributed by atoms with Crippen molar-refractivity contribution in [3.63, 3.8) is 0 Å². The van der Waals surface area contributed by atoms with Gasteiger partial charge in [0.25, 0.3) is 0 Å². The van der Waals surface area contributed by atoms with Crippen molar-refractivity contribution in [1.29, 1.82) is 0 Å². The van der Waals surface area contributed by atoms with Crippen molar-refractivity contribution in [2.24, 2.45) is 5.92 Å². The van der Waals surface area contributed by atoms with Gasteiger partial charge in [-0.15, -0.1) is 0 Å². The predicted molar refractivity (Wildman–Crippen MR) is 112 cm³/mol. The molecule has 0 unspecified atom stereocenters. The van der Waals surface area contributed by atoms with E-state index in [4.69, 9.17) is 4.74 Å². The summed E-state index contributed by atoms with van der Waals surface area (Å²) in [5.41, 5.74) is 1.04. The highest BCUT2D eigenvalue weighted by molar-refractivity contribution is 7.91. The van der Waals surface area contributed by atoms with Crippen LogP contribution in [0.4, 0.5) is 5.82 Å². The minimum absolute atomic E-state index is 0.0231. The lowest BCUT2D eigenvalue weighted by atomic mass is 9.96. The summed E-state index contributed by atoms with van der Waals surface area (Å²) in [4.78, 5) is 19.0. The summed E-state index contributed by atoms with van der Waals surface area (Å²) in [6, 6.07) is 10.2. The van der Waals surface area contributed by atoms with Gasteiger partial charge < -0.3 is 15.0 Å². The number of carbonyl (C=O) groups is 1. The van der Waals surface area contributed by atoms with Gasteiger partial charge in [0, 0.05) is 18.7 Å². The van der Waals surface area contributed by atoms with Gasteiger partial charge in [-0.2, -0.15) is 0 Å². The summed E-state index contributed by atoms with van der Waals surface area (Å²) in [5, 5.41) is 2.87. The highest BCUT2D eigenvalue weighted by Crippen LogP contribution is 2.21. The Morgan fingerprint density at radius 3 is 2.66 bits per heavy atom. The van der Waals surface area contributed by atoms with E-state index in [-0.39, 0.29) is 22.5 Å². The number of nitrogens with zero attached hydrogens (tertiary/aromatic N) is 2. The number of piperidine rings is 1. The highest BCUT2D eigenvalue weighted by Gasteiger charge is 2.26. The molecule has 1 aromatic carbocycles. The lowest BCUT2D eigenvalue weighted by Gasteiger charge is -2.31. The molecule has 0 saturated carbocycles. The summed E-state index contributed by atoms with van der Waals surface area (Å²) in [5.74, 6) is 1.03. The van der Waals surface area contributed by atoms with E-state index in [1.807, 2.05) is 13.0 Å². The number of ether oxygens (including phenoxy) is 1. The Bertz CT molecular complexity index is 937. The van der Waals surface area contributed by atoms with E-state index in [0.717, 1.165) is 5.56 Å². The van der Waals surface area contributed by atoms with Crippen LogP contribution >= 0.6 is 0 Å². The SMILES string of the molecule is COc1cccc(S(=O)(=O)CCN2CCC(C(=O)Nc3ccc(C)cn3)CC2)c1. The number of amides is 1. The van der Waals surface area contributed by atoms with E-state index in [1.54, 1.807) is 36.5 Å². The van der Waals surface area contributed by atoms with Crippen molar-refractivity contribution in [3.8, 4) is 5.75 Å². The van der Waals surface area contributed by atoms with E-state index in [9.17, 15) is 13.2 Å². The quantitative estimate of drug-likeness (QED) is 0.745. The number of sulfone groups is 1. The van der Waals surface area contributed by atoms with E-state index < -0.39 is 9.84 Å². The number of nitrogens with one attached hydrogen (secondary N) is 1. The Morgan fingerprint density at radius 2 is 2.00 bits per heavy atom. The molecule has 1 aliphatic heterocycles. The maximum absolute atomic E-state index is 12.6. The third kappa shape index (κ3) is 5.77. The fraction of sp³-hybridized carbons (Fsp3) is 0.429. The molecular formula is C21H27N3O4S. The van der Waals surface area contributed by atoms with Crippen LogP contribution in [0.2, 0.25) is 0 Å². The minimum Gasteiger partial charge on any atom is -0.497 e. The minimum atomic E-state index is -3.38. The number of likely N-dealkylation sites (tertiary alicyclic amines) is 1. The molecule has 7 nitrogen and oxygen atoms in total. The Kier molecular flexibility index (Phi) is 6.87. The smallest absolute Gasteiger partial charge is 0.228 e. The fourth-order valence-corrected chi connectivity index (χ4v) is 4.67. The Labute approximate surface area is 172 Å². The molecule has 2 aromatic rings. The second-order valence-electron chi connectivity index (χ2n) is 7.32. The lowest BCUT2D eigenvalue weighted by Crippen LogP contribution is -2.40. The molecule has 0 radical (unpaired) electrons. The first kappa shape index (κ1) is 21.3. The van der Waals surface area contributed by atoms with Gasteiger partial charge in [0.2, 0.25) is 5.91 Å². The van der Waals surface area contributed by atoms with Crippen molar-refractivity contribution in [3.05, 3.63) is 48.2 Å². The van der Waals surface area contributed by atoms with Crippen molar-refractivity contribution >= 4 is 21.6 Å². The van der Waals surface area contributed by atoms with Gasteiger partial charge in [-0.3, -0.25) is 4.79 Å². The van der Waals surface area contributed by atoms with E-state index in [0.29, 0.717) is 44.0 Å². The lowest BCUT2D eigenvalue weighted by molar-refractivity contribution is -0.121. The zero-order valence-corrected chi connectivity index (χ0v) is 17.6. The first-order valence-corrected chi connectivity index (χ1v) is 11.4. The van der Waals surface area contributed by atoms with E-state index >= 15 is 0 Å². The molecule has 1 amide bonds. The zero-order valence-electron chi connectivity index (χ0n) is 16.8. The molecule has 0 bridgehead atoms. The topological polar surface area (TPSA) is 88.6 Å². The standard InChI is InChI=1S/C21H27N3O4S/c1-16-6-7-20(22-15-16)23-21(25)17-8-10-24(11-9-17)12-13-29(26,27)19-5-3-4-18(14-19)28-2/h3-7,14-15,17H,8-13H2,1-2H3,(H,22,23,25). The van der Waals surface area contributed by atoms with Crippen LogP contribution in [0, 0.1) is 12.8 Å². The molecular weight excluding hydrogens is 390 g/mol. The van der Waals surface area contributed by atoms with Gasteiger partial charge >= 0.3 is 0 Å². The van der Waals surface area contributed by atoms with Crippen LogP contribution in [0.25, 0.3) is 0 Å². The maximum Gasteiger partial charge on any atom is 0.228 e. The molecule has 1 N–H and O–H groups in total. The third-order valence-electron chi connectivity index (χ3n) is 5.20. The number of aromatic nitrogens is 1. The summed E-state index contributed by atoms with van der Waals surface area (Å²) < 4.78 is 30.3. The van der Waals surface area contributed by atoms with Crippen LogP contribution < -0.4 is 10.1 Å². The number of aryl methyl sites for hydroxylation is 1. The van der Waals surface area contributed by atoms with Gasteiger partial charge in [0.1, 0.15) is 11.6 Å². The molecule has 0 spiro atoms. The van der Waals surface area contributed by atoms with E-state index in [1.165, 1.54) is 7.11 Å². The average Bonchev–Trinajstić information content (AvgIpc) is 2.74. The van der Waals surface area contributed by atoms with Crippen LogP contribution in [0.5, 0.6) is 5.75 Å². The molecule has 3 rings (SSSR count). The monoisotopic (exact) mass is 417 g/mol. The molecule has 1 saturated heterocycles. The number of methoxy groups -OCH3 is 1. The number of carbonyl (C=O) groups excluding carboxylic acids is 1. The number of rotatable bonds is 7. The molecule has 29 heavy (non-hydrogen) atoms. The molecule has 156 valence electrons. The van der Waals surface area contributed by atoms with Gasteiger partial charge in [-0.25, -0.2) is 13.4 Å². The van der Waals surface area contributed by atoms with E-state index in [2.05, 4.69) is 15.2 Å². The number of hydrogen-bond acceptors (Lipinski definition) is 6. The molecule has 2 heterocycles. The Balaban J connectivity index is 1.48. The van der Waals surface area contributed by atoms with Crippen LogP contribution in [0.15, 0.2) is 47.5 Å². The molecule has 1 aliphatic rings. The van der Waals surface area contributed by atoms with Crippen LogP contribution in [-0.2, 0) is 14.6 Å². The fourth-order valence-electron chi connectivity index (χ4n) is 3.35. The van der Waals surface area contributed by atoms with Gasteiger partial charge in [0.05, 0.1) is 17.8 Å². The summed E-state index contributed by atoms with van der Waals surface area (Å²) in [6.45, 7) is 3.80. The predicted octanol–water partition coefficient (Wildman–Crippen LogP) is 2.52. The number of anilines is 1.